The molecular formula is C21H17ClFNOS. The molecule has 2 aromatic carbocycles. The summed E-state index contributed by atoms with van der Waals surface area (Å²) in [5.41, 5.74) is 2.64. The average Bonchev–Trinajstić information content (AvgIpc) is 3.25. The third kappa shape index (κ3) is 3.53. The molecule has 5 heteroatoms. The second-order valence-corrected chi connectivity index (χ2v) is 7.74. The fourth-order valence-corrected chi connectivity index (χ4v) is 4.12. The summed E-state index contributed by atoms with van der Waals surface area (Å²) in [6.45, 7) is 0. The van der Waals surface area contributed by atoms with Crippen LogP contribution in [0, 0.1) is 11.7 Å². The Morgan fingerprint density at radius 2 is 1.88 bits per heavy atom. The third-order valence-electron chi connectivity index (χ3n) is 4.80. The van der Waals surface area contributed by atoms with Crippen molar-refractivity contribution in [2.24, 2.45) is 5.92 Å². The van der Waals surface area contributed by atoms with Crippen molar-refractivity contribution in [2.45, 2.75) is 18.4 Å². The van der Waals surface area contributed by atoms with Gasteiger partial charge in [0, 0.05) is 10.9 Å². The van der Waals surface area contributed by atoms with E-state index in [4.69, 9.17) is 11.6 Å². The van der Waals surface area contributed by atoms with Crippen molar-refractivity contribution in [3.8, 4) is 0 Å². The van der Waals surface area contributed by atoms with Crippen LogP contribution in [0.1, 0.15) is 35.1 Å². The number of hydrogen-bond acceptors (Lipinski definition) is 2. The highest BCUT2D eigenvalue weighted by Crippen LogP contribution is 2.48. The Morgan fingerprint density at radius 1 is 1.12 bits per heavy atom. The summed E-state index contributed by atoms with van der Waals surface area (Å²) in [6, 6.07) is 16.0. The van der Waals surface area contributed by atoms with Crippen molar-refractivity contribution < 1.29 is 9.18 Å². The van der Waals surface area contributed by atoms with Crippen LogP contribution in [0.4, 0.5) is 4.39 Å². The number of amides is 1. The maximum atomic E-state index is 14.0. The highest BCUT2D eigenvalue weighted by Gasteiger charge is 2.45. The maximum Gasteiger partial charge on any atom is 0.224 e. The van der Waals surface area contributed by atoms with Gasteiger partial charge >= 0.3 is 0 Å². The topological polar surface area (TPSA) is 29.1 Å². The van der Waals surface area contributed by atoms with Crippen molar-refractivity contribution in [1.29, 1.82) is 0 Å². The molecule has 3 atom stereocenters. The number of carbonyl (C=O) groups is 1. The number of carbonyl (C=O) groups excluding carboxylic acids is 1. The number of rotatable bonds is 5. The number of thiophene rings is 1. The van der Waals surface area contributed by atoms with E-state index >= 15 is 0 Å². The second-order valence-electron chi connectivity index (χ2n) is 6.52. The molecule has 1 heterocycles. The zero-order valence-electron chi connectivity index (χ0n) is 13.9. The number of halogens is 2. The quantitative estimate of drug-likeness (QED) is 0.613. The van der Waals surface area contributed by atoms with Gasteiger partial charge in [-0.05, 0) is 64.1 Å². The lowest BCUT2D eigenvalue weighted by atomic mass is 10.0. The Labute approximate surface area is 160 Å². The highest BCUT2D eigenvalue weighted by atomic mass is 35.5. The van der Waals surface area contributed by atoms with Gasteiger partial charge in [0.05, 0.1) is 6.04 Å². The standard InChI is InChI=1S/C21H17ClFNOS/c22-15-7-5-13(6-8-15)20(14-9-10-26-12-14)24-21(25)18-11-17(18)16-3-1-2-4-19(16)23/h1-10,12,17-18,20H,11H2,(H,24,25). The molecule has 26 heavy (non-hydrogen) atoms. The molecule has 0 bridgehead atoms. The van der Waals surface area contributed by atoms with Gasteiger partial charge in [0.2, 0.25) is 5.91 Å². The number of hydrogen-bond donors (Lipinski definition) is 1. The minimum absolute atomic E-state index is 0.0375. The molecule has 1 amide bonds. The van der Waals surface area contributed by atoms with Gasteiger partial charge in [-0.2, -0.15) is 11.3 Å². The van der Waals surface area contributed by atoms with Crippen molar-refractivity contribution in [1.82, 2.24) is 5.32 Å². The monoisotopic (exact) mass is 385 g/mol. The first-order valence-corrected chi connectivity index (χ1v) is 9.78. The number of nitrogens with one attached hydrogen (secondary N) is 1. The zero-order chi connectivity index (χ0) is 18.1. The van der Waals surface area contributed by atoms with E-state index in [-0.39, 0.29) is 29.6 Å². The van der Waals surface area contributed by atoms with Gasteiger partial charge in [0.15, 0.2) is 0 Å². The van der Waals surface area contributed by atoms with Gasteiger partial charge in [-0.1, -0.05) is 41.9 Å². The van der Waals surface area contributed by atoms with Gasteiger partial charge < -0.3 is 5.32 Å². The lowest BCUT2D eigenvalue weighted by molar-refractivity contribution is -0.122. The molecule has 2 nitrogen and oxygen atoms in total. The Hall–Kier alpha value is -2.17. The van der Waals surface area contributed by atoms with Crippen molar-refractivity contribution >= 4 is 28.8 Å². The molecule has 132 valence electrons. The smallest absolute Gasteiger partial charge is 0.224 e. The maximum absolute atomic E-state index is 14.0. The van der Waals surface area contributed by atoms with Crippen LogP contribution in [-0.4, -0.2) is 5.91 Å². The predicted molar refractivity (Wildman–Crippen MR) is 103 cm³/mol. The minimum atomic E-state index is -0.236. The zero-order valence-corrected chi connectivity index (χ0v) is 15.4. The first-order valence-electron chi connectivity index (χ1n) is 8.46. The summed E-state index contributed by atoms with van der Waals surface area (Å²) >= 11 is 7.58. The summed E-state index contributed by atoms with van der Waals surface area (Å²) < 4.78 is 14.0. The second kappa shape index (κ2) is 7.22. The highest BCUT2D eigenvalue weighted by molar-refractivity contribution is 7.08. The van der Waals surface area contributed by atoms with Gasteiger partial charge in [0.1, 0.15) is 5.82 Å². The van der Waals surface area contributed by atoms with Crippen molar-refractivity contribution in [2.75, 3.05) is 0 Å². The Kier molecular flexibility index (Phi) is 4.79. The van der Waals surface area contributed by atoms with Crippen molar-refractivity contribution in [3.05, 3.63) is 92.9 Å². The molecular weight excluding hydrogens is 369 g/mol. The predicted octanol–water partition coefficient (Wildman–Crippen LogP) is 5.55. The van der Waals surface area contributed by atoms with Crippen LogP contribution in [-0.2, 0) is 4.79 Å². The van der Waals surface area contributed by atoms with E-state index in [0.717, 1.165) is 11.1 Å². The summed E-state index contributed by atoms with van der Waals surface area (Å²) in [5.74, 6) is -0.492. The molecule has 1 aliphatic carbocycles. The summed E-state index contributed by atoms with van der Waals surface area (Å²) in [7, 11) is 0. The van der Waals surface area contributed by atoms with Gasteiger partial charge in [0.25, 0.3) is 0 Å². The summed E-state index contributed by atoms with van der Waals surface area (Å²) in [4.78, 5) is 12.8. The van der Waals surface area contributed by atoms with Crippen LogP contribution in [0.25, 0.3) is 0 Å². The summed E-state index contributed by atoms with van der Waals surface area (Å²) in [6.07, 6.45) is 0.684. The van der Waals surface area contributed by atoms with E-state index in [1.165, 1.54) is 6.07 Å². The Balaban J connectivity index is 1.53. The lowest BCUT2D eigenvalue weighted by Crippen LogP contribution is -2.30. The molecule has 0 saturated heterocycles. The van der Waals surface area contributed by atoms with E-state index in [2.05, 4.69) is 5.32 Å². The Morgan fingerprint density at radius 3 is 2.58 bits per heavy atom. The largest absolute Gasteiger partial charge is 0.345 e. The molecule has 1 saturated carbocycles. The van der Waals surface area contributed by atoms with Crippen LogP contribution in [0.2, 0.25) is 5.02 Å². The van der Waals surface area contributed by atoms with E-state index < -0.39 is 0 Å². The van der Waals surface area contributed by atoms with Gasteiger partial charge in [-0.3, -0.25) is 4.79 Å². The van der Waals surface area contributed by atoms with Crippen LogP contribution in [0.15, 0.2) is 65.4 Å². The first kappa shape index (κ1) is 17.3. The fourth-order valence-electron chi connectivity index (χ4n) is 3.31. The normalized spacial score (nSPS) is 19.8. The van der Waals surface area contributed by atoms with Crippen LogP contribution in [0.3, 0.4) is 0 Å². The van der Waals surface area contributed by atoms with Crippen molar-refractivity contribution in [3.63, 3.8) is 0 Å². The molecule has 3 unspecified atom stereocenters. The average molecular weight is 386 g/mol. The van der Waals surface area contributed by atoms with Gasteiger partial charge in [-0.25, -0.2) is 4.39 Å². The Bertz CT molecular complexity index is 910. The summed E-state index contributed by atoms with van der Waals surface area (Å²) in [5, 5.41) is 7.82. The van der Waals surface area contributed by atoms with Crippen LogP contribution >= 0.6 is 22.9 Å². The molecule has 0 aliphatic heterocycles. The van der Waals surface area contributed by atoms with Gasteiger partial charge in [-0.15, -0.1) is 0 Å². The fraction of sp³-hybridized carbons (Fsp3) is 0.190. The third-order valence-corrected chi connectivity index (χ3v) is 5.75. The van der Waals surface area contributed by atoms with Crippen LogP contribution in [0.5, 0.6) is 0 Å². The van der Waals surface area contributed by atoms with E-state index in [1.54, 1.807) is 23.5 Å². The van der Waals surface area contributed by atoms with Crippen LogP contribution < -0.4 is 5.32 Å². The molecule has 4 rings (SSSR count). The van der Waals surface area contributed by atoms with E-state index in [9.17, 15) is 9.18 Å². The number of benzene rings is 2. The lowest BCUT2D eigenvalue weighted by Gasteiger charge is -2.19. The first-order chi connectivity index (χ1) is 12.6. The molecule has 1 aromatic heterocycles. The SMILES string of the molecule is O=C(NC(c1ccc(Cl)cc1)c1ccsc1)C1CC1c1ccccc1F. The molecule has 1 fully saturated rings. The minimum Gasteiger partial charge on any atom is -0.345 e. The van der Waals surface area contributed by atoms with E-state index in [1.807, 2.05) is 47.2 Å². The molecule has 1 N–H and O–H groups in total. The molecule has 0 spiro atoms. The molecule has 1 aliphatic rings. The molecule has 0 radical (unpaired) electrons. The van der Waals surface area contributed by atoms with E-state index in [0.29, 0.717) is 17.0 Å². The molecule has 3 aromatic rings.